The molecule has 0 spiro atoms. The highest BCUT2D eigenvalue weighted by Crippen LogP contribution is 2.17. The molecule has 0 amide bonds. The third-order valence-corrected chi connectivity index (χ3v) is 2.70. The third kappa shape index (κ3) is 2.75. The first-order valence-corrected chi connectivity index (χ1v) is 5.51. The summed E-state index contributed by atoms with van der Waals surface area (Å²) < 4.78 is 0. The molecule has 2 N–H and O–H groups in total. The number of halogens is 1. The molecule has 2 rings (SSSR count). The van der Waals surface area contributed by atoms with Crippen LogP contribution in [0.3, 0.4) is 0 Å². The lowest BCUT2D eigenvalue weighted by atomic mass is 10.1. The minimum absolute atomic E-state index is 0.309. The summed E-state index contributed by atoms with van der Waals surface area (Å²) in [6.07, 6.45) is 0.309. The molecule has 1 aromatic heterocycles. The number of carbonyl (C=O) groups is 1. The highest BCUT2D eigenvalue weighted by Gasteiger charge is 2.09. The first-order valence-electron chi connectivity index (χ1n) is 5.13. The van der Waals surface area contributed by atoms with E-state index in [4.69, 9.17) is 16.7 Å². The molecule has 0 aliphatic heterocycles. The van der Waals surface area contributed by atoms with Crippen LogP contribution in [0, 0.1) is 0 Å². The number of aromatic carboxylic acids is 1. The van der Waals surface area contributed by atoms with Crippen molar-refractivity contribution in [3.63, 3.8) is 0 Å². The van der Waals surface area contributed by atoms with Gasteiger partial charge in [0.05, 0.1) is 5.69 Å². The number of rotatable bonds is 3. The van der Waals surface area contributed by atoms with Gasteiger partial charge >= 0.3 is 5.97 Å². The Morgan fingerprint density at radius 3 is 2.78 bits per heavy atom. The zero-order valence-corrected chi connectivity index (χ0v) is 9.94. The summed E-state index contributed by atoms with van der Waals surface area (Å²) in [7, 11) is 0. The number of H-pyrrole nitrogens is 1. The van der Waals surface area contributed by atoms with E-state index in [-0.39, 0.29) is 5.82 Å². The molecule has 6 heteroatoms. The highest BCUT2D eigenvalue weighted by molar-refractivity contribution is 6.31. The first-order chi connectivity index (χ1) is 8.56. The Balaban J connectivity index is 2.38. The van der Waals surface area contributed by atoms with Crippen LogP contribution >= 0.6 is 11.6 Å². The predicted octanol–water partition coefficient (Wildman–Crippen LogP) is 1.71. The molecule has 2 aromatic rings. The van der Waals surface area contributed by atoms with Crippen LogP contribution in [0.1, 0.15) is 21.9 Å². The molecular formula is C12H9ClN2O3. The SMILES string of the molecule is O=C(O)c1nc(Cc2ccccc2Cl)cc(=O)[nH]1. The lowest BCUT2D eigenvalue weighted by Crippen LogP contribution is -2.16. The Bertz CT molecular complexity index is 652. The largest absolute Gasteiger partial charge is 0.475 e. The number of hydrogen-bond acceptors (Lipinski definition) is 3. The van der Waals surface area contributed by atoms with Gasteiger partial charge in [-0.1, -0.05) is 29.8 Å². The van der Waals surface area contributed by atoms with Crippen LogP contribution < -0.4 is 5.56 Å². The van der Waals surface area contributed by atoms with Crippen molar-refractivity contribution in [1.82, 2.24) is 9.97 Å². The number of benzene rings is 1. The summed E-state index contributed by atoms with van der Waals surface area (Å²) in [5.41, 5.74) is 0.655. The number of nitrogens with zero attached hydrogens (tertiary/aromatic N) is 1. The molecule has 0 unspecified atom stereocenters. The van der Waals surface area contributed by atoms with Gasteiger partial charge in [0.2, 0.25) is 5.82 Å². The van der Waals surface area contributed by atoms with Gasteiger partial charge in [-0.25, -0.2) is 9.78 Å². The second-order valence-corrected chi connectivity index (χ2v) is 4.07. The fourth-order valence-electron chi connectivity index (χ4n) is 1.54. The van der Waals surface area contributed by atoms with Crippen molar-refractivity contribution in [3.8, 4) is 0 Å². The average Bonchev–Trinajstić information content (AvgIpc) is 2.31. The summed E-state index contributed by atoms with van der Waals surface area (Å²) in [4.78, 5) is 28.1. The van der Waals surface area contributed by atoms with Crippen LogP contribution in [0.4, 0.5) is 0 Å². The minimum Gasteiger partial charge on any atom is -0.475 e. The smallest absolute Gasteiger partial charge is 0.372 e. The number of aromatic nitrogens is 2. The minimum atomic E-state index is -1.27. The van der Waals surface area contributed by atoms with Gasteiger partial charge in [-0.15, -0.1) is 0 Å². The molecule has 18 heavy (non-hydrogen) atoms. The predicted molar refractivity (Wildman–Crippen MR) is 66.1 cm³/mol. The molecule has 0 saturated carbocycles. The molecular weight excluding hydrogens is 256 g/mol. The Hall–Kier alpha value is -2.14. The third-order valence-electron chi connectivity index (χ3n) is 2.33. The van der Waals surface area contributed by atoms with E-state index in [1.807, 2.05) is 6.07 Å². The molecule has 0 fully saturated rings. The van der Waals surface area contributed by atoms with Crippen molar-refractivity contribution >= 4 is 17.6 Å². The Morgan fingerprint density at radius 2 is 2.11 bits per heavy atom. The number of aromatic amines is 1. The lowest BCUT2D eigenvalue weighted by Gasteiger charge is -2.04. The van der Waals surface area contributed by atoms with Gasteiger partial charge in [-0.3, -0.25) is 4.79 Å². The Kier molecular flexibility index (Phi) is 3.43. The van der Waals surface area contributed by atoms with Crippen molar-refractivity contribution in [2.24, 2.45) is 0 Å². The molecule has 0 aliphatic rings. The molecule has 0 saturated heterocycles. The van der Waals surface area contributed by atoms with Crippen molar-refractivity contribution < 1.29 is 9.90 Å². The molecule has 1 heterocycles. The van der Waals surface area contributed by atoms with Crippen molar-refractivity contribution in [2.45, 2.75) is 6.42 Å². The maximum Gasteiger partial charge on any atom is 0.372 e. The maximum atomic E-state index is 11.3. The normalized spacial score (nSPS) is 10.3. The summed E-state index contributed by atoms with van der Waals surface area (Å²) in [6.45, 7) is 0. The van der Waals surface area contributed by atoms with Gasteiger partial charge in [0.1, 0.15) is 0 Å². The second kappa shape index (κ2) is 5.01. The van der Waals surface area contributed by atoms with Crippen LogP contribution in [0.2, 0.25) is 5.02 Å². The fourth-order valence-corrected chi connectivity index (χ4v) is 1.74. The molecule has 0 aliphatic carbocycles. The number of carboxylic acid groups (broad SMARTS) is 1. The van der Waals surface area contributed by atoms with Gasteiger partial charge in [0.25, 0.3) is 5.56 Å². The summed E-state index contributed by atoms with van der Waals surface area (Å²) in [5.74, 6) is -1.64. The first kappa shape index (κ1) is 12.3. The van der Waals surface area contributed by atoms with E-state index in [0.29, 0.717) is 17.1 Å². The summed E-state index contributed by atoms with van der Waals surface area (Å²) in [6, 6.07) is 8.38. The molecule has 1 aromatic carbocycles. The molecule has 92 valence electrons. The van der Waals surface area contributed by atoms with E-state index >= 15 is 0 Å². The molecule has 0 bridgehead atoms. The Morgan fingerprint density at radius 1 is 1.39 bits per heavy atom. The van der Waals surface area contributed by atoms with E-state index < -0.39 is 11.5 Å². The highest BCUT2D eigenvalue weighted by atomic mass is 35.5. The van der Waals surface area contributed by atoms with Gasteiger partial charge in [0, 0.05) is 17.5 Å². The van der Waals surface area contributed by atoms with E-state index in [1.165, 1.54) is 6.07 Å². The van der Waals surface area contributed by atoms with E-state index in [2.05, 4.69) is 9.97 Å². The summed E-state index contributed by atoms with van der Waals surface area (Å²) >= 11 is 5.99. The quantitative estimate of drug-likeness (QED) is 0.884. The standard InChI is InChI=1S/C12H9ClN2O3/c13-9-4-2-1-3-7(9)5-8-6-10(16)15-11(14-8)12(17)18/h1-4,6H,5H2,(H,17,18)(H,14,15,16). The van der Waals surface area contributed by atoms with Crippen LogP contribution in [0.5, 0.6) is 0 Å². The Labute approximate surface area is 107 Å². The van der Waals surface area contributed by atoms with Crippen LogP contribution in [-0.4, -0.2) is 21.0 Å². The van der Waals surface area contributed by atoms with Crippen LogP contribution in [-0.2, 0) is 6.42 Å². The van der Waals surface area contributed by atoms with Gasteiger partial charge < -0.3 is 10.1 Å². The maximum absolute atomic E-state index is 11.3. The van der Waals surface area contributed by atoms with Gasteiger partial charge in [-0.05, 0) is 11.6 Å². The van der Waals surface area contributed by atoms with E-state index in [0.717, 1.165) is 5.56 Å². The number of carboxylic acids is 1. The lowest BCUT2D eigenvalue weighted by molar-refractivity contribution is 0.0682. The zero-order valence-electron chi connectivity index (χ0n) is 9.18. The average molecular weight is 265 g/mol. The number of nitrogens with one attached hydrogen (secondary N) is 1. The van der Waals surface area contributed by atoms with Crippen molar-refractivity contribution in [2.75, 3.05) is 0 Å². The fraction of sp³-hybridized carbons (Fsp3) is 0.0833. The van der Waals surface area contributed by atoms with Crippen LogP contribution in [0.25, 0.3) is 0 Å². The van der Waals surface area contributed by atoms with Crippen LogP contribution in [0.15, 0.2) is 35.1 Å². The van der Waals surface area contributed by atoms with Crippen molar-refractivity contribution in [3.05, 3.63) is 62.8 Å². The molecule has 0 atom stereocenters. The zero-order chi connectivity index (χ0) is 13.1. The van der Waals surface area contributed by atoms with E-state index in [9.17, 15) is 9.59 Å². The molecule has 5 nitrogen and oxygen atoms in total. The van der Waals surface area contributed by atoms with Gasteiger partial charge in [-0.2, -0.15) is 0 Å². The molecule has 0 radical (unpaired) electrons. The van der Waals surface area contributed by atoms with Crippen molar-refractivity contribution in [1.29, 1.82) is 0 Å². The summed E-state index contributed by atoms with van der Waals surface area (Å²) in [5, 5.41) is 9.35. The van der Waals surface area contributed by atoms with E-state index in [1.54, 1.807) is 18.2 Å². The second-order valence-electron chi connectivity index (χ2n) is 3.66. The monoisotopic (exact) mass is 264 g/mol. The number of hydrogen-bond donors (Lipinski definition) is 2. The topological polar surface area (TPSA) is 83.0 Å². The van der Waals surface area contributed by atoms with Gasteiger partial charge in [0.15, 0.2) is 0 Å².